The van der Waals surface area contributed by atoms with Crippen molar-refractivity contribution < 1.29 is 18.0 Å². The van der Waals surface area contributed by atoms with Crippen molar-refractivity contribution in [3.63, 3.8) is 0 Å². The summed E-state index contributed by atoms with van der Waals surface area (Å²) in [4.78, 5) is 24.2. The van der Waals surface area contributed by atoms with Crippen LogP contribution in [-0.2, 0) is 19.4 Å². The lowest BCUT2D eigenvalue weighted by Crippen LogP contribution is -2.10. The third-order valence-electron chi connectivity index (χ3n) is 6.07. The lowest BCUT2D eigenvalue weighted by atomic mass is 9.94. The average molecular weight is 465 g/mol. The molecule has 2 saturated carbocycles. The zero-order valence-electron chi connectivity index (χ0n) is 18.5. The first-order valence-corrected chi connectivity index (χ1v) is 12.8. The molecule has 0 spiro atoms. The lowest BCUT2D eigenvalue weighted by Gasteiger charge is -2.13. The highest BCUT2D eigenvalue weighted by Gasteiger charge is 2.18. The molecule has 2 aliphatic rings. The monoisotopic (exact) mass is 464 g/mol. The molecule has 2 aromatic carbocycles. The Balaban J connectivity index is 1.42. The zero-order chi connectivity index (χ0) is 23.3. The van der Waals surface area contributed by atoms with E-state index in [0.717, 1.165) is 61.0 Å². The number of rotatable bonds is 6. The van der Waals surface area contributed by atoms with Crippen LogP contribution in [0.5, 0.6) is 0 Å². The zero-order valence-corrected chi connectivity index (χ0v) is 19.3. The van der Waals surface area contributed by atoms with Gasteiger partial charge < -0.3 is 10.6 Å². The first-order valence-electron chi connectivity index (χ1n) is 11.4. The van der Waals surface area contributed by atoms with Gasteiger partial charge in [-0.05, 0) is 87.1 Å². The Bertz CT molecular complexity index is 1100. The van der Waals surface area contributed by atoms with Gasteiger partial charge >= 0.3 is 0 Å². The van der Waals surface area contributed by atoms with Crippen molar-refractivity contribution in [1.82, 2.24) is 0 Å². The molecule has 0 unspecified atom stereocenters. The SMILES string of the molecule is O=C1CCCCC1=CNc1ccc(S(=O)(=O)c2ccc(NC=C3CCCCC3=O)cc2)cc1. The fraction of sp³-hybridized carbons (Fsp3) is 0.308. The molecule has 2 aromatic rings. The number of benzene rings is 2. The van der Waals surface area contributed by atoms with E-state index in [1.54, 1.807) is 60.9 Å². The minimum atomic E-state index is -3.66. The number of nitrogens with one attached hydrogen (secondary N) is 2. The Hall–Kier alpha value is -3.19. The maximum Gasteiger partial charge on any atom is 0.206 e. The van der Waals surface area contributed by atoms with Crippen molar-refractivity contribution in [2.75, 3.05) is 10.6 Å². The molecule has 2 aliphatic carbocycles. The summed E-state index contributed by atoms with van der Waals surface area (Å²) in [6.45, 7) is 0. The van der Waals surface area contributed by atoms with Crippen molar-refractivity contribution in [2.24, 2.45) is 0 Å². The second-order valence-electron chi connectivity index (χ2n) is 8.44. The molecule has 0 radical (unpaired) electrons. The largest absolute Gasteiger partial charge is 0.361 e. The Morgan fingerprint density at radius 2 is 0.939 bits per heavy atom. The summed E-state index contributed by atoms with van der Waals surface area (Å²) in [5.41, 5.74) is 3.03. The maximum absolute atomic E-state index is 13.0. The normalized spacial score (nSPS) is 19.6. The van der Waals surface area contributed by atoms with Crippen molar-refractivity contribution in [1.29, 1.82) is 0 Å². The Kier molecular flexibility index (Phi) is 7.08. The fourth-order valence-corrected chi connectivity index (χ4v) is 5.31. The molecule has 0 atom stereocenters. The summed E-state index contributed by atoms with van der Waals surface area (Å²) in [7, 11) is -3.66. The number of hydrogen-bond acceptors (Lipinski definition) is 6. The van der Waals surface area contributed by atoms with Gasteiger partial charge in [0.15, 0.2) is 11.6 Å². The van der Waals surface area contributed by atoms with Crippen LogP contribution in [0.2, 0.25) is 0 Å². The number of carbonyl (C=O) groups is 2. The molecule has 0 aliphatic heterocycles. The van der Waals surface area contributed by atoms with Gasteiger partial charge in [-0.25, -0.2) is 8.42 Å². The van der Waals surface area contributed by atoms with Crippen molar-refractivity contribution in [3.8, 4) is 0 Å². The van der Waals surface area contributed by atoms with E-state index in [1.807, 2.05) is 0 Å². The molecule has 0 bridgehead atoms. The second-order valence-corrected chi connectivity index (χ2v) is 10.4. The van der Waals surface area contributed by atoms with Gasteiger partial charge in [0.2, 0.25) is 9.84 Å². The quantitative estimate of drug-likeness (QED) is 0.556. The van der Waals surface area contributed by atoms with E-state index in [4.69, 9.17) is 0 Å². The van der Waals surface area contributed by atoms with E-state index >= 15 is 0 Å². The van der Waals surface area contributed by atoms with Gasteiger partial charge in [0.25, 0.3) is 0 Å². The van der Waals surface area contributed by atoms with Crippen LogP contribution in [0, 0.1) is 0 Å². The van der Waals surface area contributed by atoms with Gasteiger partial charge in [0.1, 0.15) is 0 Å². The van der Waals surface area contributed by atoms with E-state index < -0.39 is 9.84 Å². The van der Waals surface area contributed by atoms with Gasteiger partial charge in [0.05, 0.1) is 9.79 Å². The van der Waals surface area contributed by atoms with Gasteiger partial charge in [-0.15, -0.1) is 0 Å². The highest BCUT2D eigenvalue weighted by Crippen LogP contribution is 2.25. The van der Waals surface area contributed by atoms with Crippen LogP contribution >= 0.6 is 0 Å². The smallest absolute Gasteiger partial charge is 0.206 e. The first-order chi connectivity index (χ1) is 15.9. The van der Waals surface area contributed by atoms with E-state index in [2.05, 4.69) is 10.6 Å². The topological polar surface area (TPSA) is 92.3 Å². The number of anilines is 2. The van der Waals surface area contributed by atoms with E-state index in [0.29, 0.717) is 12.8 Å². The lowest BCUT2D eigenvalue weighted by molar-refractivity contribution is -0.117. The molecule has 33 heavy (non-hydrogen) atoms. The maximum atomic E-state index is 13.0. The molecule has 6 nitrogen and oxygen atoms in total. The van der Waals surface area contributed by atoms with Crippen molar-refractivity contribution in [2.45, 2.75) is 61.2 Å². The third-order valence-corrected chi connectivity index (χ3v) is 7.86. The van der Waals surface area contributed by atoms with Gasteiger partial charge in [-0.2, -0.15) is 0 Å². The number of allylic oxidation sites excluding steroid dienone is 2. The number of hydrogen-bond donors (Lipinski definition) is 2. The minimum Gasteiger partial charge on any atom is -0.361 e. The summed E-state index contributed by atoms with van der Waals surface area (Å²) < 4.78 is 26.0. The summed E-state index contributed by atoms with van der Waals surface area (Å²) in [6, 6.07) is 13.0. The molecule has 7 heteroatoms. The number of carbonyl (C=O) groups excluding carboxylic acids is 2. The number of ketones is 2. The Morgan fingerprint density at radius 3 is 1.30 bits per heavy atom. The van der Waals surface area contributed by atoms with Crippen LogP contribution in [0.4, 0.5) is 11.4 Å². The Labute approximate surface area is 194 Å². The Morgan fingerprint density at radius 1 is 0.576 bits per heavy atom. The predicted molar refractivity (Wildman–Crippen MR) is 129 cm³/mol. The van der Waals surface area contributed by atoms with E-state index in [1.165, 1.54) is 0 Å². The molecular formula is C26H28N2O4S. The molecule has 4 rings (SSSR count). The van der Waals surface area contributed by atoms with Gasteiger partial charge in [-0.3, -0.25) is 9.59 Å². The predicted octanol–water partition coefficient (Wildman–Crippen LogP) is 5.40. The highest BCUT2D eigenvalue weighted by molar-refractivity contribution is 7.91. The summed E-state index contributed by atoms with van der Waals surface area (Å²) in [5.74, 6) is 0.347. The van der Waals surface area contributed by atoms with Gasteiger partial charge in [-0.1, -0.05) is 0 Å². The standard InChI is InChI=1S/C26H28N2O4S/c29-25-7-3-1-5-19(25)17-27-21-9-13-23(14-10-21)33(31,32)24-15-11-22(12-16-24)28-18-20-6-2-4-8-26(20)30/h9-18,27-28H,1-8H2. The van der Waals surface area contributed by atoms with Gasteiger partial charge in [0, 0.05) is 47.8 Å². The highest BCUT2D eigenvalue weighted by atomic mass is 32.2. The molecule has 0 amide bonds. The fourth-order valence-electron chi connectivity index (χ4n) is 4.04. The van der Waals surface area contributed by atoms with Crippen LogP contribution in [0.3, 0.4) is 0 Å². The van der Waals surface area contributed by atoms with Crippen LogP contribution < -0.4 is 10.6 Å². The summed E-state index contributed by atoms with van der Waals surface area (Å²) >= 11 is 0. The molecule has 0 saturated heterocycles. The van der Waals surface area contributed by atoms with Crippen molar-refractivity contribution >= 4 is 32.8 Å². The average Bonchev–Trinajstić information content (AvgIpc) is 2.83. The summed E-state index contributed by atoms with van der Waals surface area (Å²) in [6.07, 6.45) is 10.1. The van der Waals surface area contributed by atoms with Crippen LogP contribution in [-0.4, -0.2) is 20.0 Å². The minimum absolute atomic E-state index is 0.174. The first kappa shape index (κ1) is 23.0. The van der Waals surface area contributed by atoms with Crippen LogP contribution in [0.1, 0.15) is 51.4 Å². The van der Waals surface area contributed by atoms with Crippen LogP contribution in [0.25, 0.3) is 0 Å². The number of Topliss-reactive ketones (excluding diaryl/α,β-unsaturated/α-hetero) is 2. The number of sulfone groups is 1. The molecule has 172 valence electrons. The molecule has 2 N–H and O–H groups in total. The molecule has 0 aromatic heterocycles. The van der Waals surface area contributed by atoms with Crippen molar-refractivity contribution in [3.05, 3.63) is 72.1 Å². The molecular weight excluding hydrogens is 436 g/mol. The third kappa shape index (κ3) is 5.60. The van der Waals surface area contributed by atoms with E-state index in [9.17, 15) is 18.0 Å². The second kappa shape index (κ2) is 10.2. The summed E-state index contributed by atoms with van der Waals surface area (Å²) in [5, 5.41) is 6.20. The molecule has 0 heterocycles. The van der Waals surface area contributed by atoms with Crippen LogP contribution in [0.15, 0.2) is 81.9 Å². The molecule has 2 fully saturated rings. The van der Waals surface area contributed by atoms with E-state index in [-0.39, 0.29) is 21.4 Å².